The van der Waals surface area contributed by atoms with Crippen LogP contribution in [-0.2, 0) is 39.1 Å². The third-order valence-corrected chi connectivity index (χ3v) is 13.2. The predicted octanol–water partition coefficient (Wildman–Crippen LogP) is 9.17. The van der Waals surface area contributed by atoms with Crippen LogP contribution in [0.5, 0.6) is 11.5 Å². The van der Waals surface area contributed by atoms with Crippen LogP contribution < -0.4 is 20.1 Å². The summed E-state index contributed by atoms with van der Waals surface area (Å²) in [5, 5.41) is 27.0. The normalized spacial score (nSPS) is 23.0. The molecule has 1 saturated carbocycles. The minimum Gasteiger partial charge on any atom is -0.494 e. The molecule has 3 aliphatic rings. The zero-order valence-corrected chi connectivity index (χ0v) is 34.8. The van der Waals surface area contributed by atoms with Crippen molar-refractivity contribution in [1.82, 2.24) is 10.3 Å². The fourth-order valence-corrected chi connectivity index (χ4v) is 10.1. The summed E-state index contributed by atoms with van der Waals surface area (Å²) in [7, 11) is 0. The number of benzene rings is 3. The summed E-state index contributed by atoms with van der Waals surface area (Å²) >= 11 is 6.30. The number of amides is 1. The summed E-state index contributed by atoms with van der Waals surface area (Å²) in [6.45, 7) is 5.39. The van der Waals surface area contributed by atoms with Gasteiger partial charge in [-0.25, -0.2) is 9.59 Å². The number of nitrogens with zero attached hydrogens (tertiary/aromatic N) is 1. The molecule has 3 aliphatic carbocycles. The van der Waals surface area contributed by atoms with Gasteiger partial charge in [-0.2, -0.15) is 0 Å². The van der Waals surface area contributed by atoms with Gasteiger partial charge in [-0.05, 0) is 140 Å². The van der Waals surface area contributed by atoms with Crippen LogP contribution in [0.15, 0.2) is 85.1 Å². The number of aryl methyl sites for hydroxylation is 1. The quantitative estimate of drug-likeness (QED) is 0.0766. The minimum atomic E-state index is -1.13. The second kappa shape index (κ2) is 18.4. The molecular weight excluding hydrogens is 766 g/mol. The largest absolute Gasteiger partial charge is 0.494 e. The number of rotatable bonds is 17. The molecule has 4 N–H and O–H groups in total. The number of fused-ring (bicyclic) bond motifs is 3. The maximum absolute atomic E-state index is 13.0. The lowest BCUT2D eigenvalue weighted by Crippen LogP contribution is -2.53. The third-order valence-electron chi connectivity index (χ3n) is 13.0. The minimum absolute atomic E-state index is 0.133. The van der Waals surface area contributed by atoms with Crippen molar-refractivity contribution in [2.75, 3.05) is 18.5 Å². The Labute approximate surface area is 352 Å². The number of nitrogens with one attached hydrogen (secondary N) is 2. The number of anilines is 1. The number of hydrogen-bond acceptors (Lipinski definition) is 7. The van der Waals surface area contributed by atoms with Crippen LogP contribution in [0.2, 0.25) is 5.02 Å². The highest BCUT2D eigenvalue weighted by Gasteiger charge is 2.54. The topological polar surface area (TPSA) is 147 Å². The van der Waals surface area contributed by atoms with Crippen molar-refractivity contribution >= 4 is 35.1 Å². The van der Waals surface area contributed by atoms with E-state index in [1.807, 2.05) is 60.8 Å². The van der Waals surface area contributed by atoms with Gasteiger partial charge >= 0.3 is 11.9 Å². The first kappa shape index (κ1) is 42.0. The lowest BCUT2D eigenvalue weighted by molar-refractivity contribution is -0.144. The third kappa shape index (κ3) is 9.70. The van der Waals surface area contributed by atoms with E-state index in [4.69, 9.17) is 21.1 Å². The molecule has 1 heterocycles. The van der Waals surface area contributed by atoms with Crippen LogP contribution >= 0.6 is 11.6 Å². The summed E-state index contributed by atoms with van der Waals surface area (Å²) in [6, 6.07) is 23.8. The van der Waals surface area contributed by atoms with E-state index in [1.54, 1.807) is 12.1 Å². The van der Waals surface area contributed by atoms with Crippen molar-refractivity contribution in [2.24, 2.45) is 11.8 Å². The average Bonchev–Trinajstić information content (AvgIpc) is 3.50. The summed E-state index contributed by atoms with van der Waals surface area (Å²) in [5.74, 6) is 0.325. The summed E-state index contributed by atoms with van der Waals surface area (Å²) < 4.78 is 12.8. The predicted molar refractivity (Wildman–Crippen MR) is 229 cm³/mol. The maximum Gasteiger partial charge on any atom is 0.329 e. The number of hydrogen-bond donors (Lipinski definition) is 4. The number of ether oxygens (including phenoxy) is 2. The van der Waals surface area contributed by atoms with Gasteiger partial charge in [-0.15, -0.1) is 0 Å². The smallest absolute Gasteiger partial charge is 0.329 e. The first-order valence-electron chi connectivity index (χ1n) is 21.1. The summed E-state index contributed by atoms with van der Waals surface area (Å²) in [5.41, 5.74) is 5.02. The fourth-order valence-electron chi connectivity index (χ4n) is 9.91. The molecule has 7 rings (SSSR count). The number of carboxylic acid groups (broad SMARTS) is 2. The van der Waals surface area contributed by atoms with Gasteiger partial charge in [0.2, 0.25) is 5.91 Å². The molecular formula is C48H56ClN3O7. The van der Waals surface area contributed by atoms with Crippen molar-refractivity contribution in [3.05, 3.63) is 118 Å². The first-order chi connectivity index (χ1) is 28.4. The van der Waals surface area contributed by atoms with Gasteiger partial charge in [0, 0.05) is 41.0 Å². The molecule has 0 radical (unpaired) electrons. The van der Waals surface area contributed by atoms with Gasteiger partial charge in [0.15, 0.2) is 0 Å². The van der Waals surface area contributed by atoms with E-state index in [1.165, 1.54) is 16.7 Å². The number of halogens is 1. The molecule has 3 aromatic carbocycles. The Morgan fingerprint density at radius 3 is 2.51 bits per heavy atom. The standard InChI is InChI=1S/C48H56ClN3O7/c1-31(30-59-42-18-23-50-40-14-6-9-32(2)44(40)42)25-35-27-34-16-17-38(58-24-8-15-43(53)51-41(45(54)55)26-33-10-4-3-5-11-33)29-39(34)47(35)19-21-48(22-20-47,46(56)57)52-37-13-7-12-36(49)28-37/h3-5,7,10-13,16-18,23,28-29,31-32,35,41,52H,6,8-9,14-15,19-22,24-27,30H2,1-2H3,(H,51,53)(H,54,55)(H,56,57)/t31-,32-,35?,41-,47?,48?/m1/s1. The lowest BCUT2D eigenvalue weighted by Gasteiger charge is -2.47. The average molecular weight is 822 g/mol. The van der Waals surface area contributed by atoms with Crippen LogP contribution in [-0.4, -0.2) is 57.8 Å². The van der Waals surface area contributed by atoms with E-state index < -0.39 is 23.5 Å². The molecule has 1 spiro atoms. The van der Waals surface area contributed by atoms with Gasteiger partial charge in [-0.3, -0.25) is 9.78 Å². The maximum atomic E-state index is 13.0. The number of aliphatic carboxylic acids is 2. The molecule has 312 valence electrons. The summed E-state index contributed by atoms with van der Waals surface area (Å²) in [4.78, 5) is 42.4. The van der Waals surface area contributed by atoms with Crippen LogP contribution in [0.25, 0.3) is 0 Å². The van der Waals surface area contributed by atoms with Crippen molar-refractivity contribution in [2.45, 2.75) is 114 Å². The van der Waals surface area contributed by atoms with Crippen molar-refractivity contribution in [3.8, 4) is 11.5 Å². The van der Waals surface area contributed by atoms with Crippen LogP contribution in [0.1, 0.15) is 106 Å². The molecule has 1 amide bonds. The molecule has 59 heavy (non-hydrogen) atoms. The highest BCUT2D eigenvalue weighted by atomic mass is 35.5. The SMILES string of the molecule is C[C@@H](COc1ccnc2c1[C@H](C)CCC2)CC1Cc2ccc(OCCCC(=O)N[C@H](Cc3ccccc3)C(=O)O)cc2C12CCC(Nc1cccc(Cl)c1)(C(=O)O)CC2. The van der Waals surface area contributed by atoms with Crippen molar-refractivity contribution in [1.29, 1.82) is 0 Å². The Kier molecular flexibility index (Phi) is 13.1. The zero-order chi connectivity index (χ0) is 41.6. The van der Waals surface area contributed by atoms with Crippen molar-refractivity contribution < 1.29 is 34.1 Å². The summed E-state index contributed by atoms with van der Waals surface area (Å²) in [6.07, 6.45) is 9.97. The molecule has 11 heteroatoms. The highest BCUT2D eigenvalue weighted by Crippen LogP contribution is 2.57. The number of pyridine rings is 1. The van der Waals surface area contributed by atoms with Crippen LogP contribution in [0, 0.1) is 11.8 Å². The van der Waals surface area contributed by atoms with Gasteiger partial charge in [-0.1, -0.05) is 67.9 Å². The Morgan fingerprint density at radius 1 is 0.966 bits per heavy atom. The number of aromatic nitrogens is 1. The van der Waals surface area contributed by atoms with E-state index in [2.05, 4.69) is 41.6 Å². The van der Waals surface area contributed by atoms with E-state index in [0.717, 1.165) is 49.1 Å². The Balaban J connectivity index is 1.04. The number of carboxylic acids is 2. The zero-order valence-electron chi connectivity index (χ0n) is 34.1. The number of carbonyl (C=O) groups excluding carboxylic acids is 1. The van der Waals surface area contributed by atoms with E-state index in [-0.39, 0.29) is 42.6 Å². The molecule has 1 unspecified atom stereocenters. The fraction of sp³-hybridized carbons (Fsp3) is 0.458. The Hall–Kier alpha value is -5.09. The molecule has 10 nitrogen and oxygen atoms in total. The van der Waals surface area contributed by atoms with Gasteiger partial charge in [0.25, 0.3) is 0 Å². The second-order valence-corrected chi connectivity index (χ2v) is 17.5. The Morgan fingerprint density at radius 2 is 1.76 bits per heavy atom. The number of carbonyl (C=O) groups is 3. The van der Waals surface area contributed by atoms with E-state index in [9.17, 15) is 24.6 Å². The molecule has 4 atom stereocenters. The van der Waals surface area contributed by atoms with Gasteiger partial charge in [0.1, 0.15) is 23.1 Å². The van der Waals surface area contributed by atoms with Crippen molar-refractivity contribution in [3.63, 3.8) is 0 Å². The van der Waals surface area contributed by atoms with Crippen LogP contribution in [0.3, 0.4) is 0 Å². The van der Waals surface area contributed by atoms with E-state index >= 15 is 0 Å². The second-order valence-electron chi connectivity index (χ2n) is 17.1. The van der Waals surface area contributed by atoms with Crippen LogP contribution in [0.4, 0.5) is 5.69 Å². The highest BCUT2D eigenvalue weighted by molar-refractivity contribution is 6.30. The molecule has 1 aromatic heterocycles. The molecule has 0 saturated heterocycles. The molecule has 4 aromatic rings. The first-order valence-corrected chi connectivity index (χ1v) is 21.5. The lowest BCUT2D eigenvalue weighted by atomic mass is 9.59. The monoisotopic (exact) mass is 821 g/mol. The molecule has 0 bridgehead atoms. The van der Waals surface area contributed by atoms with E-state index in [0.29, 0.717) is 61.1 Å². The molecule has 0 aliphatic heterocycles. The Bertz CT molecular complexity index is 2120. The van der Waals surface area contributed by atoms with Gasteiger partial charge in [0.05, 0.1) is 13.2 Å². The molecule has 1 fully saturated rings. The van der Waals surface area contributed by atoms with Gasteiger partial charge < -0.3 is 30.3 Å².